The number of aromatic nitrogens is 2. The van der Waals surface area contributed by atoms with Crippen molar-refractivity contribution in [1.82, 2.24) is 20.0 Å². The number of likely N-dealkylation sites (tertiary alicyclic amines) is 1. The molecule has 0 spiro atoms. The molecule has 112 valence electrons. The topological polar surface area (TPSA) is 59.4 Å². The van der Waals surface area contributed by atoms with Gasteiger partial charge in [0.05, 0.1) is 12.1 Å². The first-order valence-corrected chi connectivity index (χ1v) is 6.45. The molecule has 1 aromatic rings. The smallest absolute Gasteiger partial charge is 0.333 e. The average Bonchev–Trinajstić information content (AvgIpc) is 2.97. The highest BCUT2D eigenvalue weighted by molar-refractivity contribution is 5.92. The summed E-state index contributed by atoms with van der Waals surface area (Å²) in [5.41, 5.74) is -0.0184. The first kappa shape index (κ1) is 14.9. The van der Waals surface area contributed by atoms with Gasteiger partial charge in [-0.15, -0.1) is 0 Å². The molecule has 0 saturated carbocycles. The third-order valence-electron chi connectivity index (χ3n) is 3.19. The maximum absolute atomic E-state index is 12.4. The number of carbonyl (C=O) groups excluding carboxylic acids is 1. The van der Waals surface area contributed by atoms with E-state index in [-0.39, 0.29) is 17.8 Å². The summed E-state index contributed by atoms with van der Waals surface area (Å²) in [6, 6.07) is 1.11. The number of likely N-dealkylation sites (N-methyl/N-ethyl adjacent to an activating group) is 1. The molecule has 1 aromatic heterocycles. The molecule has 2 atom stereocenters. The number of hydrogen-bond acceptors (Lipinski definition) is 4. The Morgan fingerprint density at radius 3 is 2.95 bits per heavy atom. The minimum absolute atomic E-state index is 0.0184. The minimum atomic E-state index is -2.75. The van der Waals surface area contributed by atoms with E-state index < -0.39 is 12.5 Å². The monoisotopic (exact) mass is 288 g/mol. The summed E-state index contributed by atoms with van der Waals surface area (Å²) < 4.78 is 30.8. The molecule has 0 aliphatic carbocycles. The van der Waals surface area contributed by atoms with E-state index in [2.05, 4.69) is 10.4 Å². The molecule has 1 N–H and O–H groups in total. The van der Waals surface area contributed by atoms with Gasteiger partial charge in [0.1, 0.15) is 5.69 Å². The van der Waals surface area contributed by atoms with Crippen molar-refractivity contribution in [2.45, 2.75) is 25.6 Å². The Bertz CT molecular complexity index is 466. The molecule has 20 heavy (non-hydrogen) atoms. The largest absolute Gasteiger partial charge is 0.375 e. The second-order valence-corrected chi connectivity index (χ2v) is 4.75. The number of carbonyl (C=O) groups is 1. The molecule has 6 nitrogen and oxygen atoms in total. The number of amides is 1. The van der Waals surface area contributed by atoms with Crippen molar-refractivity contribution in [2.75, 3.05) is 26.7 Å². The highest BCUT2D eigenvalue weighted by Gasteiger charge is 2.33. The molecule has 2 unspecified atom stereocenters. The second kappa shape index (κ2) is 6.27. The quantitative estimate of drug-likeness (QED) is 0.867. The first-order valence-electron chi connectivity index (χ1n) is 6.45. The van der Waals surface area contributed by atoms with Gasteiger partial charge in [-0.2, -0.15) is 13.9 Å². The van der Waals surface area contributed by atoms with Crippen molar-refractivity contribution in [1.29, 1.82) is 0 Å². The summed E-state index contributed by atoms with van der Waals surface area (Å²) in [6.07, 6.45) is 0.992. The number of nitrogens with zero attached hydrogens (tertiary/aromatic N) is 3. The molecule has 2 heterocycles. The first-order chi connectivity index (χ1) is 9.51. The van der Waals surface area contributed by atoms with Crippen LogP contribution in [-0.4, -0.2) is 59.5 Å². The van der Waals surface area contributed by atoms with Crippen LogP contribution >= 0.6 is 0 Å². The van der Waals surface area contributed by atoms with E-state index in [4.69, 9.17) is 4.74 Å². The van der Waals surface area contributed by atoms with Crippen LogP contribution < -0.4 is 5.32 Å². The van der Waals surface area contributed by atoms with Gasteiger partial charge in [-0.25, -0.2) is 4.68 Å². The fourth-order valence-corrected chi connectivity index (χ4v) is 2.29. The van der Waals surface area contributed by atoms with Crippen molar-refractivity contribution in [3.63, 3.8) is 0 Å². The van der Waals surface area contributed by atoms with E-state index in [1.54, 1.807) is 0 Å². The lowest BCUT2D eigenvalue weighted by Gasteiger charge is -2.19. The second-order valence-electron chi connectivity index (χ2n) is 4.75. The summed E-state index contributed by atoms with van der Waals surface area (Å²) in [5, 5.41) is 6.33. The predicted octanol–water partition coefficient (Wildman–Crippen LogP) is 0.727. The fourth-order valence-electron chi connectivity index (χ4n) is 2.29. The Hall–Kier alpha value is -1.54. The molecular formula is C12H18F2N4O2. The lowest BCUT2D eigenvalue weighted by molar-refractivity contribution is 0.0501. The van der Waals surface area contributed by atoms with E-state index in [9.17, 15) is 13.6 Å². The summed E-state index contributed by atoms with van der Waals surface area (Å²) in [4.78, 5) is 14.0. The summed E-state index contributed by atoms with van der Waals surface area (Å²) in [7, 11) is 1.93. The van der Waals surface area contributed by atoms with Crippen LogP contribution in [0.25, 0.3) is 0 Å². The van der Waals surface area contributed by atoms with Crippen LogP contribution in [0.1, 0.15) is 24.0 Å². The third-order valence-corrected chi connectivity index (χ3v) is 3.19. The molecule has 1 fully saturated rings. The molecule has 8 heteroatoms. The van der Waals surface area contributed by atoms with Gasteiger partial charge in [0.25, 0.3) is 5.91 Å². The van der Waals surface area contributed by atoms with Crippen LogP contribution in [0.4, 0.5) is 8.78 Å². The molecular weight excluding hydrogens is 270 g/mol. The van der Waals surface area contributed by atoms with Crippen LogP contribution in [0.15, 0.2) is 12.3 Å². The van der Waals surface area contributed by atoms with Crippen LogP contribution in [0.2, 0.25) is 0 Å². The highest BCUT2D eigenvalue weighted by Crippen LogP contribution is 2.13. The van der Waals surface area contributed by atoms with Gasteiger partial charge in [0.15, 0.2) is 0 Å². The van der Waals surface area contributed by atoms with Crippen molar-refractivity contribution in [2.24, 2.45) is 0 Å². The third kappa shape index (κ3) is 3.31. The van der Waals surface area contributed by atoms with E-state index in [0.717, 1.165) is 12.7 Å². The SMILES string of the molecule is CCOC1CN(C)CC1NC(=O)c1ccn(C(F)F)n1. The molecule has 0 aromatic carbocycles. The maximum atomic E-state index is 12.4. The average molecular weight is 288 g/mol. The van der Waals surface area contributed by atoms with E-state index in [0.29, 0.717) is 17.8 Å². The number of halogens is 2. The molecule has 1 aliphatic heterocycles. The van der Waals surface area contributed by atoms with E-state index in [1.165, 1.54) is 6.07 Å². The normalized spacial score (nSPS) is 23.4. The molecule has 0 bridgehead atoms. The molecule has 1 saturated heterocycles. The fraction of sp³-hybridized carbons (Fsp3) is 0.667. The Balaban J connectivity index is 1.99. The molecule has 0 radical (unpaired) electrons. The Morgan fingerprint density at radius 2 is 2.35 bits per heavy atom. The van der Waals surface area contributed by atoms with Gasteiger partial charge < -0.3 is 15.0 Å². The maximum Gasteiger partial charge on any atom is 0.333 e. The molecule has 1 amide bonds. The Morgan fingerprint density at radius 1 is 1.60 bits per heavy atom. The van der Waals surface area contributed by atoms with E-state index >= 15 is 0 Å². The zero-order valence-electron chi connectivity index (χ0n) is 11.4. The minimum Gasteiger partial charge on any atom is -0.375 e. The number of rotatable bonds is 5. The van der Waals surface area contributed by atoms with Crippen LogP contribution in [0.3, 0.4) is 0 Å². The highest BCUT2D eigenvalue weighted by atomic mass is 19.3. The van der Waals surface area contributed by atoms with Crippen molar-refractivity contribution < 1.29 is 18.3 Å². The lowest BCUT2D eigenvalue weighted by atomic mass is 10.2. The van der Waals surface area contributed by atoms with Crippen molar-refractivity contribution in [3.8, 4) is 0 Å². The van der Waals surface area contributed by atoms with Gasteiger partial charge in [0, 0.05) is 25.9 Å². The van der Waals surface area contributed by atoms with Crippen molar-refractivity contribution >= 4 is 5.91 Å². The van der Waals surface area contributed by atoms with Gasteiger partial charge in [0.2, 0.25) is 0 Å². The van der Waals surface area contributed by atoms with Gasteiger partial charge >= 0.3 is 6.55 Å². The lowest BCUT2D eigenvalue weighted by Crippen LogP contribution is -2.44. The predicted molar refractivity (Wildman–Crippen MR) is 67.6 cm³/mol. The Kier molecular flexibility index (Phi) is 4.66. The summed E-state index contributed by atoms with van der Waals surface area (Å²) >= 11 is 0. The summed E-state index contributed by atoms with van der Waals surface area (Å²) in [5.74, 6) is -0.464. The van der Waals surface area contributed by atoms with Gasteiger partial charge in [-0.1, -0.05) is 0 Å². The Labute approximate surface area is 115 Å². The van der Waals surface area contributed by atoms with Crippen LogP contribution in [0, 0.1) is 0 Å². The zero-order valence-corrected chi connectivity index (χ0v) is 11.4. The number of alkyl halides is 2. The van der Waals surface area contributed by atoms with Crippen molar-refractivity contribution in [3.05, 3.63) is 18.0 Å². The molecule has 1 aliphatic rings. The zero-order chi connectivity index (χ0) is 14.7. The van der Waals surface area contributed by atoms with Gasteiger partial charge in [-0.3, -0.25) is 4.79 Å². The van der Waals surface area contributed by atoms with E-state index in [1.807, 2.05) is 18.9 Å². The van der Waals surface area contributed by atoms with Gasteiger partial charge in [-0.05, 0) is 20.0 Å². The number of nitrogens with one attached hydrogen (secondary N) is 1. The molecule has 2 rings (SSSR count). The number of hydrogen-bond donors (Lipinski definition) is 1. The van der Waals surface area contributed by atoms with Crippen LogP contribution in [-0.2, 0) is 4.74 Å². The summed E-state index contributed by atoms with van der Waals surface area (Å²) in [6.45, 7) is 1.09. The standard InChI is InChI=1S/C12H18F2N4O2/c1-3-20-10-7-17(2)6-9(10)15-11(19)8-4-5-18(16-8)12(13)14/h4-5,9-10,12H,3,6-7H2,1-2H3,(H,15,19). The number of ether oxygens (including phenoxy) is 1. The van der Waals surface area contributed by atoms with Crippen LogP contribution in [0.5, 0.6) is 0 Å².